The van der Waals surface area contributed by atoms with E-state index in [1.165, 1.54) is 0 Å². The van der Waals surface area contributed by atoms with Gasteiger partial charge in [0.25, 0.3) is 0 Å². The summed E-state index contributed by atoms with van der Waals surface area (Å²) in [5.41, 5.74) is 1.57. The average molecular weight is 161 g/mol. The molecule has 1 nitrogen and oxygen atoms in total. The highest BCUT2D eigenvalue weighted by molar-refractivity contribution is 5.37. The van der Waals surface area contributed by atoms with Gasteiger partial charge in [0.05, 0.1) is 11.6 Å². The van der Waals surface area contributed by atoms with Crippen LogP contribution in [0.2, 0.25) is 0 Å². The predicted octanol–water partition coefficient (Wildman–Crippen LogP) is 3.22. The van der Waals surface area contributed by atoms with Gasteiger partial charge in [0, 0.05) is 0 Å². The van der Waals surface area contributed by atoms with E-state index in [9.17, 15) is 0 Å². The van der Waals surface area contributed by atoms with Gasteiger partial charge in [-0.05, 0) is 18.4 Å². The van der Waals surface area contributed by atoms with Gasteiger partial charge in [-0.3, -0.25) is 0 Å². The van der Waals surface area contributed by atoms with E-state index in [0.717, 1.165) is 12.0 Å². The largest absolute Gasteiger partial charge is 0.192 e. The van der Waals surface area contributed by atoms with Gasteiger partial charge in [-0.1, -0.05) is 38.7 Å². The summed E-state index contributed by atoms with van der Waals surface area (Å²) in [5, 5.41) is 8.58. The van der Waals surface area contributed by atoms with Crippen molar-refractivity contribution in [2.24, 2.45) is 5.92 Å². The molecular weight excluding hydrogens is 146 g/mol. The molecule has 0 aliphatic carbocycles. The molecule has 0 aliphatic rings. The monoisotopic (exact) mass is 161 g/mol. The van der Waals surface area contributed by atoms with Crippen molar-refractivity contribution in [1.29, 1.82) is 5.26 Å². The SMILES string of the molecule is C=C/C(C#N)=C\C(=C)CC(C)C. The highest BCUT2D eigenvalue weighted by Crippen LogP contribution is 2.11. The lowest BCUT2D eigenvalue weighted by atomic mass is 10.0. The lowest BCUT2D eigenvalue weighted by Crippen LogP contribution is -1.88. The molecule has 0 aromatic rings. The van der Waals surface area contributed by atoms with Crippen LogP contribution < -0.4 is 0 Å². The minimum Gasteiger partial charge on any atom is -0.192 e. The van der Waals surface area contributed by atoms with E-state index in [4.69, 9.17) is 5.26 Å². The standard InChI is InChI=1S/C11H15N/c1-5-11(8-12)7-10(4)6-9(2)3/h5,7,9H,1,4,6H2,2-3H3/b11-7+. The van der Waals surface area contributed by atoms with Crippen LogP contribution in [-0.2, 0) is 0 Å². The maximum absolute atomic E-state index is 8.58. The summed E-state index contributed by atoms with van der Waals surface area (Å²) in [5.74, 6) is 0.582. The Labute approximate surface area is 74.7 Å². The first-order valence-corrected chi connectivity index (χ1v) is 4.02. The van der Waals surface area contributed by atoms with Gasteiger partial charge < -0.3 is 0 Å². The summed E-state index contributed by atoms with van der Waals surface area (Å²) in [6, 6.07) is 2.04. The van der Waals surface area contributed by atoms with E-state index < -0.39 is 0 Å². The van der Waals surface area contributed by atoms with Crippen molar-refractivity contribution in [3.05, 3.63) is 36.5 Å². The molecule has 0 saturated heterocycles. The molecule has 0 amide bonds. The van der Waals surface area contributed by atoms with Crippen molar-refractivity contribution in [3.8, 4) is 6.07 Å². The fraction of sp³-hybridized carbons (Fsp3) is 0.364. The molecule has 0 aromatic carbocycles. The van der Waals surface area contributed by atoms with Crippen LogP contribution in [0.5, 0.6) is 0 Å². The fourth-order valence-electron chi connectivity index (χ4n) is 0.940. The lowest BCUT2D eigenvalue weighted by Gasteiger charge is -2.03. The maximum atomic E-state index is 8.58. The molecule has 0 atom stereocenters. The lowest BCUT2D eigenvalue weighted by molar-refractivity contribution is 0.651. The predicted molar refractivity (Wildman–Crippen MR) is 52.5 cm³/mol. The Morgan fingerprint density at radius 3 is 2.50 bits per heavy atom. The van der Waals surface area contributed by atoms with E-state index >= 15 is 0 Å². The molecule has 0 aliphatic heterocycles. The van der Waals surface area contributed by atoms with Gasteiger partial charge in [-0.2, -0.15) is 5.26 Å². The van der Waals surface area contributed by atoms with E-state index in [2.05, 4.69) is 27.0 Å². The highest BCUT2D eigenvalue weighted by Gasteiger charge is 1.96. The molecule has 0 fully saturated rings. The first-order valence-electron chi connectivity index (χ1n) is 4.02. The number of nitriles is 1. The van der Waals surface area contributed by atoms with Gasteiger partial charge in [-0.15, -0.1) is 0 Å². The Morgan fingerprint density at radius 2 is 2.17 bits per heavy atom. The van der Waals surface area contributed by atoms with E-state index in [-0.39, 0.29) is 0 Å². The summed E-state index contributed by atoms with van der Waals surface area (Å²) in [6.07, 6.45) is 4.26. The van der Waals surface area contributed by atoms with Crippen LogP contribution in [0, 0.1) is 17.2 Å². The quantitative estimate of drug-likeness (QED) is 0.458. The molecule has 0 unspecified atom stereocenters. The second-order valence-electron chi connectivity index (χ2n) is 3.17. The summed E-state index contributed by atoms with van der Waals surface area (Å²) < 4.78 is 0. The molecule has 0 saturated carbocycles. The molecule has 64 valence electrons. The van der Waals surface area contributed by atoms with Crippen LogP contribution in [0.15, 0.2) is 36.5 Å². The molecule has 12 heavy (non-hydrogen) atoms. The molecule has 0 rings (SSSR count). The normalized spacial score (nSPS) is 11.0. The second kappa shape index (κ2) is 5.37. The van der Waals surface area contributed by atoms with Gasteiger partial charge in [0.15, 0.2) is 0 Å². The number of nitrogens with zero attached hydrogens (tertiary/aromatic N) is 1. The zero-order valence-corrected chi connectivity index (χ0v) is 7.80. The van der Waals surface area contributed by atoms with Crippen molar-refractivity contribution in [2.75, 3.05) is 0 Å². The fourth-order valence-corrected chi connectivity index (χ4v) is 0.940. The Hall–Kier alpha value is -1.29. The molecule has 0 N–H and O–H groups in total. The van der Waals surface area contributed by atoms with Gasteiger partial charge >= 0.3 is 0 Å². The maximum Gasteiger partial charge on any atom is 0.0991 e. The molecule has 0 heterocycles. The van der Waals surface area contributed by atoms with Gasteiger partial charge in [-0.25, -0.2) is 0 Å². The number of hydrogen-bond acceptors (Lipinski definition) is 1. The molecule has 1 heteroatoms. The Bertz CT molecular complexity index is 238. The van der Waals surface area contributed by atoms with Crippen LogP contribution in [0.4, 0.5) is 0 Å². The van der Waals surface area contributed by atoms with Crippen molar-refractivity contribution < 1.29 is 0 Å². The van der Waals surface area contributed by atoms with E-state index in [0.29, 0.717) is 11.5 Å². The van der Waals surface area contributed by atoms with Crippen LogP contribution in [-0.4, -0.2) is 0 Å². The zero-order chi connectivity index (χ0) is 9.56. The summed E-state index contributed by atoms with van der Waals surface area (Å²) in [7, 11) is 0. The zero-order valence-electron chi connectivity index (χ0n) is 7.80. The van der Waals surface area contributed by atoms with Crippen LogP contribution in [0.1, 0.15) is 20.3 Å². The first-order chi connectivity index (χ1) is 5.60. The molecule has 0 bridgehead atoms. The van der Waals surface area contributed by atoms with Crippen LogP contribution in [0.3, 0.4) is 0 Å². The van der Waals surface area contributed by atoms with E-state index in [1.807, 2.05) is 6.07 Å². The molecular formula is C11H15N. The van der Waals surface area contributed by atoms with Crippen molar-refractivity contribution in [2.45, 2.75) is 20.3 Å². The third-order valence-electron chi connectivity index (χ3n) is 1.38. The Morgan fingerprint density at radius 1 is 1.58 bits per heavy atom. The number of allylic oxidation sites excluding steroid dienone is 4. The topological polar surface area (TPSA) is 23.8 Å². The molecule has 0 aromatic heterocycles. The minimum atomic E-state index is 0.582. The summed E-state index contributed by atoms with van der Waals surface area (Å²) >= 11 is 0. The third kappa shape index (κ3) is 4.51. The summed E-state index contributed by atoms with van der Waals surface area (Å²) in [6.45, 7) is 11.6. The smallest absolute Gasteiger partial charge is 0.0991 e. The van der Waals surface area contributed by atoms with Crippen molar-refractivity contribution in [3.63, 3.8) is 0 Å². The van der Waals surface area contributed by atoms with Gasteiger partial charge in [0.1, 0.15) is 0 Å². The summed E-state index contributed by atoms with van der Waals surface area (Å²) in [4.78, 5) is 0. The minimum absolute atomic E-state index is 0.582. The first kappa shape index (κ1) is 10.7. The second-order valence-corrected chi connectivity index (χ2v) is 3.17. The van der Waals surface area contributed by atoms with E-state index in [1.54, 1.807) is 12.2 Å². The average Bonchev–Trinajstić information content (AvgIpc) is 1.98. The Kier molecular flexibility index (Phi) is 4.79. The van der Waals surface area contributed by atoms with Crippen molar-refractivity contribution in [1.82, 2.24) is 0 Å². The third-order valence-corrected chi connectivity index (χ3v) is 1.38. The van der Waals surface area contributed by atoms with Crippen LogP contribution in [0.25, 0.3) is 0 Å². The number of rotatable bonds is 4. The van der Waals surface area contributed by atoms with Gasteiger partial charge in [0.2, 0.25) is 0 Å². The Balaban J connectivity index is 4.24. The van der Waals surface area contributed by atoms with Crippen LogP contribution >= 0.6 is 0 Å². The van der Waals surface area contributed by atoms with Crippen molar-refractivity contribution >= 4 is 0 Å². The molecule has 0 radical (unpaired) electrons. The molecule has 0 spiro atoms. The highest BCUT2D eigenvalue weighted by atomic mass is 14.2. The number of hydrogen-bond donors (Lipinski definition) is 0.